The number of ether oxygens (including phenoxy) is 1. The van der Waals surface area contributed by atoms with Crippen LogP contribution in [0.25, 0.3) is 16.9 Å². The van der Waals surface area contributed by atoms with Crippen molar-refractivity contribution in [2.24, 2.45) is 10.9 Å². The van der Waals surface area contributed by atoms with Crippen LogP contribution in [0.5, 0.6) is 0 Å². The van der Waals surface area contributed by atoms with E-state index < -0.39 is 11.5 Å². The van der Waals surface area contributed by atoms with Gasteiger partial charge in [0.1, 0.15) is 6.33 Å². The molecule has 3 N–H and O–H groups in total. The molecule has 2 aliphatic carbocycles. The Balaban J connectivity index is 1.15. The van der Waals surface area contributed by atoms with Crippen molar-refractivity contribution in [2.45, 2.75) is 109 Å². The van der Waals surface area contributed by atoms with Crippen molar-refractivity contribution < 1.29 is 19.8 Å². The Hall–Kier alpha value is -3.90. The fraction of sp³-hybridized carbons (Fsp3) is 0.514. The van der Waals surface area contributed by atoms with E-state index in [4.69, 9.17) is 9.57 Å². The summed E-state index contributed by atoms with van der Waals surface area (Å²) in [5, 5.41) is 25.7. The third-order valence-electron chi connectivity index (χ3n) is 10.4. The second kappa shape index (κ2) is 13.2. The Labute approximate surface area is 280 Å². The van der Waals surface area contributed by atoms with E-state index in [9.17, 15) is 15.0 Å². The molecule has 0 radical (unpaired) electrons. The Bertz CT molecular complexity index is 1850. The van der Waals surface area contributed by atoms with Gasteiger partial charge in [-0.25, -0.2) is 19.8 Å². The summed E-state index contributed by atoms with van der Waals surface area (Å²) >= 11 is 0. The highest BCUT2D eigenvalue weighted by Gasteiger charge is 2.42. The fourth-order valence-electron chi connectivity index (χ4n) is 6.98. The quantitative estimate of drug-likeness (QED) is 0.192. The minimum Gasteiger partial charge on any atom is -0.387 e. The predicted octanol–water partition coefficient (Wildman–Crippen LogP) is 5.10. The van der Waals surface area contributed by atoms with Gasteiger partial charge in [0.05, 0.1) is 24.0 Å². The monoisotopic (exact) mass is 654 g/mol. The molecule has 2 atom stereocenters. The van der Waals surface area contributed by atoms with Gasteiger partial charge in [-0.2, -0.15) is 10.1 Å². The summed E-state index contributed by atoms with van der Waals surface area (Å²) in [6.45, 7) is 6.41. The van der Waals surface area contributed by atoms with E-state index in [1.165, 1.54) is 0 Å². The maximum absolute atomic E-state index is 14.4. The first-order chi connectivity index (χ1) is 23.2. The van der Waals surface area contributed by atoms with Gasteiger partial charge in [0.25, 0.3) is 11.5 Å². The highest BCUT2D eigenvalue weighted by atomic mass is 16.8. The number of amidine groups is 1. The lowest BCUT2D eigenvalue weighted by molar-refractivity contribution is -0.234. The lowest BCUT2D eigenvalue weighted by Gasteiger charge is -2.31. The minimum absolute atomic E-state index is 0.00384. The summed E-state index contributed by atoms with van der Waals surface area (Å²) in [6.07, 6.45) is 9.39. The number of nitrogens with zero attached hydrogens (tertiary/aromatic N) is 5. The standard InChI is InChI=1S/C37H46N6O5/c1-4-8-32-31(34(44)42(35-38-23-39-43(32)35)27-15-17-28(18-16-27)47-22-36(45)19-20-36)21-25-11-13-26(14-12-25)29-9-6-7-10-30(29)33-40-37(46,48-41-33)24(3)5-2/h6-7,9-14,23-24,27-28,45-46H,4-5,8,15-22H2,1-3H3,(H,40,41). The molecule has 3 aliphatic rings. The van der Waals surface area contributed by atoms with E-state index in [0.29, 0.717) is 24.6 Å². The number of nitrogens with one attached hydrogen (secondary N) is 1. The van der Waals surface area contributed by atoms with Gasteiger partial charge >= 0.3 is 0 Å². The Morgan fingerprint density at radius 2 is 1.77 bits per heavy atom. The Kier molecular flexibility index (Phi) is 8.97. The van der Waals surface area contributed by atoms with Gasteiger partial charge in [-0.1, -0.05) is 75.7 Å². The molecule has 48 heavy (non-hydrogen) atoms. The van der Waals surface area contributed by atoms with Crippen LogP contribution in [0.2, 0.25) is 0 Å². The summed E-state index contributed by atoms with van der Waals surface area (Å²) in [5.41, 5.74) is 7.70. The minimum atomic E-state index is -1.61. The van der Waals surface area contributed by atoms with Crippen LogP contribution >= 0.6 is 0 Å². The van der Waals surface area contributed by atoms with Gasteiger partial charge < -0.3 is 14.9 Å². The molecule has 0 amide bonds. The van der Waals surface area contributed by atoms with E-state index in [0.717, 1.165) is 91.3 Å². The molecule has 2 aromatic heterocycles. The molecule has 2 saturated carbocycles. The predicted molar refractivity (Wildman–Crippen MR) is 183 cm³/mol. The van der Waals surface area contributed by atoms with Crippen LogP contribution in [0.15, 0.2) is 64.6 Å². The molecule has 0 spiro atoms. The van der Waals surface area contributed by atoms with Crippen molar-refractivity contribution in [1.29, 1.82) is 0 Å². The second-order valence-corrected chi connectivity index (χ2v) is 13.8. The van der Waals surface area contributed by atoms with Gasteiger partial charge in [-0.15, -0.1) is 0 Å². The number of rotatable bonds is 12. The number of aryl methyl sites for hydroxylation is 1. The molecule has 254 valence electrons. The molecule has 1 aliphatic heterocycles. The van der Waals surface area contributed by atoms with Crippen molar-refractivity contribution >= 4 is 11.6 Å². The van der Waals surface area contributed by atoms with Crippen LogP contribution in [0.3, 0.4) is 0 Å². The molecule has 11 heteroatoms. The molecule has 7 rings (SSSR count). The highest BCUT2D eigenvalue weighted by Crippen LogP contribution is 2.37. The first-order valence-electron chi connectivity index (χ1n) is 17.5. The molecule has 4 aromatic rings. The topological polar surface area (TPSA) is 136 Å². The number of hydrogen-bond donors (Lipinski definition) is 3. The van der Waals surface area contributed by atoms with Crippen LogP contribution < -0.4 is 11.0 Å². The normalized spacial score (nSPS) is 24.0. The number of fused-ring (bicyclic) bond motifs is 1. The van der Waals surface area contributed by atoms with Crippen LogP contribution in [-0.4, -0.2) is 59.4 Å². The fourth-order valence-corrected chi connectivity index (χ4v) is 6.98. The van der Waals surface area contributed by atoms with Gasteiger partial charge in [-0.3, -0.25) is 9.36 Å². The first-order valence-corrected chi connectivity index (χ1v) is 17.5. The summed E-state index contributed by atoms with van der Waals surface area (Å²) in [5.74, 6) is -0.696. The van der Waals surface area contributed by atoms with Crippen molar-refractivity contribution in [1.82, 2.24) is 24.6 Å². The average molecular weight is 655 g/mol. The zero-order valence-corrected chi connectivity index (χ0v) is 28.1. The summed E-state index contributed by atoms with van der Waals surface area (Å²) < 4.78 is 9.79. The zero-order valence-electron chi connectivity index (χ0n) is 28.1. The number of benzene rings is 2. The van der Waals surface area contributed by atoms with E-state index in [1.807, 2.05) is 47.2 Å². The molecule has 3 heterocycles. The van der Waals surface area contributed by atoms with Gasteiger partial charge in [-0.05, 0) is 68.1 Å². The molecule has 2 aromatic carbocycles. The van der Waals surface area contributed by atoms with Gasteiger partial charge in [0.2, 0.25) is 5.78 Å². The van der Waals surface area contributed by atoms with Crippen LogP contribution in [0.1, 0.15) is 101 Å². The van der Waals surface area contributed by atoms with E-state index in [-0.39, 0.29) is 23.6 Å². The zero-order chi connectivity index (χ0) is 33.5. The molecule has 0 saturated heterocycles. The van der Waals surface area contributed by atoms with Crippen LogP contribution in [-0.2, 0) is 22.4 Å². The summed E-state index contributed by atoms with van der Waals surface area (Å²) in [7, 11) is 0. The molecular weight excluding hydrogens is 608 g/mol. The second-order valence-electron chi connectivity index (χ2n) is 13.8. The average Bonchev–Trinajstić information content (AvgIpc) is 3.44. The number of hydrogen-bond acceptors (Lipinski definition) is 9. The molecule has 0 bridgehead atoms. The number of aromatic nitrogens is 4. The van der Waals surface area contributed by atoms with Crippen molar-refractivity contribution in [3.63, 3.8) is 0 Å². The van der Waals surface area contributed by atoms with Crippen molar-refractivity contribution in [2.75, 3.05) is 6.61 Å². The lowest BCUT2D eigenvalue weighted by Crippen LogP contribution is -2.36. The number of aliphatic hydroxyl groups is 2. The highest BCUT2D eigenvalue weighted by molar-refractivity contribution is 6.04. The maximum Gasteiger partial charge on any atom is 0.293 e. The molecule has 2 unspecified atom stereocenters. The van der Waals surface area contributed by atoms with Gasteiger partial charge in [0, 0.05) is 29.5 Å². The smallest absolute Gasteiger partial charge is 0.293 e. The van der Waals surface area contributed by atoms with E-state index >= 15 is 0 Å². The third kappa shape index (κ3) is 6.32. The van der Waals surface area contributed by atoms with Crippen molar-refractivity contribution in [3.8, 4) is 11.1 Å². The summed E-state index contributed by atoms with van der Waals surface area (Å²) in [4.78, 5) is 29.0. The number of aliphatic imine (C=N–C) groups is 1. The van der Waals surface area contributed by atoms with Gasteiger partial charge in [0.15, 0.2) is 5.84 Å². The van der Waals surface area contributed by atoms with E-state index in [1.54, 1.807) is 6.33 Å². The number of hydroxylamine groups is 1. The third-order valence-corrected chi connectivity index (χ3v) is 10.4. The molecular formula is C37H46N6O5. The molecule has 11 nitrogen and oxygen atoms in total. The first kappa shape index (κ1) is 32.6. The van der Waals surface area contributed by atoms with Crippen LogP contribution in [0.4, 0.5) is 0 Å². The Morgan fingerprint density at radius 1 is 1.04 bits per heavy atom. The van der Waals surface area contributed by atoms with E-state index in [2.05, 4.69) is 51.7 Å². The SMILES string of the molecule is CCCc1c(Cc2ccc(-c3ccccc3C3=NC(O)(C(C)CC)ON3)cc2)c(=O)n(C2CCC(OCC3(O)CC3)CC2)c2ncnn12. The molecule has 2 fully saturated rings. The van der Waals surface area contributed by atoms with Crippen molar-refractivity contribution in [3.05, 3.63) is 87.6 Å². The lowest BCUT2D eigenvalue weighted by atomic mass is 9.92. The maximum atomic E-state index is 14.4. The Morgan fingerprint density at radius 3 is 2.46 bits per heavy atom. The van der Waals surface area contributed by atoms with Crippen LogP contribution in [0, 0.1) is 5.92 Å². The summed E-state index contributed by atoms with van der Waals surface area (Å²) in [6, 6.07) is 16.2. The largest absolute Gasteiger partial charge is 0.387 e.